The molecule has 8 heteroatoms. The molecule has 0 unspecified atom stereocenters. The molecule has 0 saturated heterocycles. The molecule has 0 fully saturated rings. The quantitative estimate of drug-likeness (QED) is 0.231. The van der Waals surface area contributed by atoms with Crippen molar-refractivity contribution in [1.29, 1.82) is 0 Å². The number of ketones is 1. The normalized spacial score (nSPS) is 11.6. The lowest BCUT2D eigenvalue weighted by molar-refractivity contribution is -0.137. The smallest absolute Gasteiger partial charge is 0.416 e. The Labute approximate surface area is 213 Å². The van der Waals surface area contributed by atoms with E-state index in [9.17, 15) is 22.8 Å². The number of halogens is 3. The van der Waals surface area contributed by atoms with Gasteiger partial charge < -0.3 is 14.8 Å². The minimum absolute atomic E-state index is 0.0230. The van der Waals surface area contributed by atoms with Gasteiger partial charge in [0.05, 0.1) is 18.4 Å². The monoisotopic (exact) mass is 511 g/mol. The lowest BCUT2D eigenvalue weighted by Gasteiger charge is -2.18. The number of benzene rings is 3. The molecular weight excluding hydrogens is 483 g/mol. The summed E-state index contributed by atoms with van der Waals surface area (Å²) >= 11 is 0. The molecule has 37 heavy (non-hydrogen) atoms. The van der Waals surface area contributed by atoms with E-state index in [4.69, 9.17) is 9.47 Å². The third-order valence-electron chi connectivity index (χ3n) is 5.43. The van der Waals surface area contributed by atoms with Gasteiger partial charge in [0.1, 0.15) is 11.3 Å². The lowest BCUT2D eigenvalue weighted by Crippen LogP contribution is -2.08. The summed E-state index contributed by atoms with van der Waals surface area (Å²) < 4.78 is 51.3. The molecule has 0 aliphatic heterocycles. The van der Waals surface area contributed by atoms with Gasteiger partial charge in [-0.25, -0.2) is 4.79 Å². The van der Waals surface area contributed by atoms with Crippen molar-refractivity contribution in [3.63, 3.8) is 0 Å². The maximum absolute atomic E-state index is 13.6. The molecule has 3 rings (SSSR count). The van der Waals surface area contributed by atoms with Crippen LogP contribution in [0.4, 0.5) is 24.5 Å². The molecule has 0 radical (unpaired) electrons. The van der Waals surface area contributed by atoms with Crippen LogP contribution in [0, 0.1) is 5.92 Å². The van der Waals surface area contributed by atoms with Crippen molar-refractivity contribution < 1.29 is 32.2 Å². The summed E-state index contributed by atoms with van der Waals surface area (Å²) in [6, 6.07) is 14.3. The highest BCUT2D eigenvalue weighted by Crippen LogP contribution is 2.39. The number of methoxy groups -OCH3 is 1. The van der Waals surface area contributed by atoms with Gasteiger partial charge in [0.25, 0.3) is 0 Å². The molecule has 0 saturated carbocycles. The van der Waals surface area contributed by atoms with Crippen LogP contribution in [0.15, 0.2) is 66.7 Å². The summed E-state index contributed by atoms with van der Waals surface area (Å²) in [5, 5.41) is 2.96. The first kappa shape index (κ1) is 27.5. The third kappa shape index (κ3) is 7.00. The van der Waals surface area contributed by atoms with E-state index in [2.05, 4.69) is 5.32 Å². The standard InChI is InChI=1S/C29H28F3NO4/c1-5-25(34)22-16-19(11-10-18(2)3)12-14-23(22)33-24-17-20(29(30,31)32)13-15-27(24)37-26-9-7-6-8-21(26)28(35)36-4/h6-18,33H,5H2,1-4H3/b11-10+. The summed E-state index contributed by atoms with van der Waals surface area (Å²) in [6.45, 7) is 5.77. The van der Waals surface area contributed by atoms with E-state index in [-0.39, 0.29) is 35.0 Å². The second kappa shape index (κ2) is 11.8. The van der Waals surface area contributed by atoms with Gasteiger partial charge in [-0.1, -0.05) is 51.1 Å². The number of esters is 1. The molecule has 0 aromatic heterocycles. The number of hydrogen-bond acceptors (Lipinski definition) is 5. The zero-order chi connectivity index (χ0) is 27.2. The van der Waals surface area contributed by atoms with Gasteiger partial charge in [-0.2, -0.15) is 13.2 Å². The fraction of sp³-hybridized carbons (Fsp3) is 0.241. The number of hydrogen-bond donors (Lipinski definition) is 1. The van der Waals surface area contributed by atoms with Gasteiger partial charge in [0.15, 0.2) is 11.5 Å². The number of allylic oxidation sites excluding steroid dienone is 1. The zero-order valence-corrected chi connectivity index (χ0v) is 21.0. The summed E-state index contributed by atoms with van der Waals surface area (Å²) in [6.07, 6.45) is -0.513. The first-order valence-corrected chi connectivity index (χ1v) is 11.7. The van der Waals surface area contributed by atoms with Crippen molar-refractivity contribution >= 4 is 29.2 Å². The maximum Gasteiger partial charge on any atom is 0.416 e. The van der Waals surface area contributed by atoms with Crippen molar-refractivity contribution in [1.82, 2.24) is 0 Å². The van der Waals surface area contributed by atoms with E-state index in [1.807, 2.05) is 26.0 Å². The highest BCUT2D eigenvalue weighted by atomic mass is 19.4. The Morgan fingerprint density at radius 3 is 2.32 bits per heavy atom. The Morgan fingerprint density at radius 2 is 1.68 bits per heavy atom. The van der Waals surface area contributed by atoms with Crippen LogP contribution in [0.25, 0.3) is 6.08 Å². The van der Waals surface area contributed by atoms with E-state index in [0.717, 1.165) is 17.7 Å². The molecule has 0 bridgehead atoms. The number of rotatable bonds is 9. The molecule has 0 aliphatic rings. The zero-order valence-electron chi connectivity index (χ0n) is 21.0. The first-order valence-electron chi connectivity index (χ1n) is 11.7. The average Bonchev–Trinajstić information content (AvgIpc) is 2.87. The number of anilines is 2. The van der Waals surface area contributed by atoms with Gasteiger partial charge in [-0.3, -0.25) is 4.79 Å². The predicted octanol–water partition coefficient (Wildman–Crippen LogP) is 8.29. The van der Waals surface area contributed by atoms with Gasteiger partial charge in [0.2, 0.25) is 0 Å². The van der Waals surface area contributed by atoms with E-state index < -0.39 is 17.7 Å². The Bertz CT molecular complexity index is 1310. The molecule has 0 atom stereocenters. The molecule has 0 heterocycles. The molecule has 1 N–H and O–H groups in total. The second-order valence-electron chi connectivity index (χ2n) is 8.61. The number of alkyl halides is 3. The number of nitrogens with one attached hydrogen (secondary N) is 1. The van der Waals surface area contributed by atoms with Crippen LogP contribution in [0.1, 0.15) is 59.0 Å². The molecule has 3 aromatic rings. The van der Waals surface area contributed by atoms with E-state index in [1.165, 1.54) is 25.3 Å². The molecule has 5 nitrogen and oxygen atoms in total. The average molecular weight is 512 g/mol. The largest absolute Gasteiger partial charge is 0.465 e. The van der Waals surface area contributed by atoms with Crippen molar-refractivity contribution in [3.8, 4) is 11.5 Å². The fourth-order valence-electron chi connectivity index (χ4n) is 3.49. The van der Waals surface area contributed by atoms with Crippen LogP contribution in [-0.2, 0) is 10.9 Å². The van der Waals surface area contributed by atoms with E-state index >= 15 is 0 Å². The van der Waals surface area contributed by atoms with Crippen LogP contribution in [0.2, 0.25) is 0 Å². The maximum atomic E-state index is 13.6. The van der Waals surface area contributed by atoms with Gasteiger partial charge in [-0.05, 0) is 53.9 Å². The summed E-state index contributed by atoms with van der Waals surface area (Å²) in [5.41, 5.74) is 0.654. The summed E-state index contributed by atoms with van der Waals surface area (Å²) in [7, 11) is 1.22. The van der Waals surface area contributed by atoms with Crippen LogP contribution < -0.4 is 10.1 Å². The second-order valence-corrected chi connectivity index (χ2v) is 8.61. The highest BCUT2D eigenvalue weighted by Gasteiger charge is 2.31. The number of carbonyl (C=O) groups excluding carboxylic acids is 2. The van der Waals surface area contributed by atoms with Gasteiger partial charge in [0, 0.05) is 17.7 Å². The number of para-hydroxylation sites is 1. The Morgan fingerprint density at radius 1 is 0.946 bits per heavy atom. The molecule has 0 spiro atoms. The molecule has 0 amide bonds. The SMILES string of the molecule is CCC(=O)c1cc(/C=C/C(C)C)ccc1Nc1cc(C(F)(F)F)ccc1Oc1ccccc1C(=O)OC. The van der Waals surface area contributed by atoms with Crippen LogP contribution in [0.3, 0.4) is 0 Å². The Balaban J connectivity index is 2.10. The first-order chi connectivity index (χ1) is 17.5. The van der Waals surface area contributed by atoms with Crippen LogP contribution in [-0.4, -0.2) is 18.9 Å². The molecule has 0 aliphatic carbocycles. The van der Waals surface area contributed by atoms with E-state index in [0.29, 0.717) is 17.2 Å². The van der Waals surface area contributed by atoms with E-state index in [1.54, 1.807) is 37.3 Å². The van der Waals surface area contributed by atoms with Crippen molar-refractivity contribution in [2.24, 2.45) is 5.92 Å². The number of ether oxygens (including phenoxy) is 2. The summed E-state index contributed by atoms with van der Waals surface area (Å²) in [4.78, 5) is 24.9. The van der Waals surface area contributed by atoms with Crippen LogP contribution >= 0.6 is 0 Å². The minimum atomic E-state index is -4.60. The van der Waals surface area contributed by atoms with Crippen molar-refractivity contribution in [2.75, 3.05) is 12.4 Å². The predicted molar refractivity (Wildman–Crippen MR) is 138 cm³/mol. The van der Waals surface area contributed by atoms with Gasteiger partial charge >= 0.3 is 12.1 Å². The summed E-state index contributed by atoms with van der Waals surface area (Å²) in [5.74, 6) is -0.384. The minimum Gasteiger partial charge on any atom is -0.465 e. The van der Waals surface area contributed by atoms with Crippen molar-refractivity contribution in [2.45, 2.75) is 33.4 Å². The highest BCUT2D eigenvalue weighted by molar-refractivity contribution is 6.02. The van der Waals surface area contributed by atoms with Crippen molar-refractivity contribution in [3.05, 3.63) is 89.0 Å². The molecule has 194 valence electrons. The van der Waals surface area contributed by atoms with Gasteiger partial charge in [-0.15, -0.1) is 0 Å². The topological polar surface area (TPSA) is 64.6 Å². The Hall–Kier alpha value is -4.07. The third-order valence-corrected chi connectivity index (χ3v) is 5.43. The Kier molecular flexibility index (Phi) is 8.76. The molecular formula is C29H28F3NO4. The lowest BCUT2D eigenvalue weighted by atomic mass is 10.0. The fourth-order valence-corrected chi connectivity index (χ4v) is 3.49. The molecule has 3 aromatic carbocycles. The number of carbonyl (C=O) groups is 2. The number of Topliss-reactive ketones (excluding diaryl/α,β-unsaturated/α-hetero) is 1. The van der Waals surface area contributed by atoms with Crippen LogP contribution in [0.5, 0.6) is 11.5 Å².